The summed E-state index contributed by atoms with van der Waals surface area (Å²) in [6.45, 7) is 1.37. The first-order valence-electron chi connectivity index (χ1n) is 5.30. The van der Waals surface area contributed by atoms with Crippen LogP contribution < -0.4 is 10.1 Å². The van der Waals surface area contributed by atoms with E-state index in [4.69, 9.17) is 9.84 Å². The molecule has 0 aliphatic carbocycles. The number of aliphatic hydroxyl groups excluding tert-OH is 1. The van der Waals surface area contributed by atoms with Crippen LogP contribution in [0.3, 0.4) is 0 Å². The number of nitrogens with zero attached hydrogens (tertiary/aromatic N) is 1. The van der Waals surface area contributed by atoms with E-state index in [0.29, 0.717) is 5.56 Å². The summed E-state index contributed by atoms with van der Waals surface area (Å²) < 4.78 is 5.11. The number of amides is 1. The van der Waals surface area contributed by atoms with E-state index < -0.39 is 10.8 Å². The van der Waals surface area contributed by atoms with Crippen LogP contribution in [0.2, 0.25) is 0 Å². The molecule has 0 fully saturated rings. The van der Waals surface area contributed by atoms with Gasteiger partial charge in [0.2, 0.25) is 0 Å². The van der Waals surface area contributed by atoms with Gasteiger partial charge in [0.05, 0.1) is 17.6 Å². The van der Waals surface area contributed by atoms with Crippen molar-refractivity contribution in [2.45, 2.75) is 6.92 Å². The Balaban J connectivity index is 2.60. The average molecular weight is 254 g/mol. The maximum atomic E-state index is 11.2. The zero-order chi connectivity index (χ0) is 13.5. The van der Waals surface area contributed by atoms with Crippen molar-refractivity contribution < 1.29 is 19.6 Å². The number of carbonyl (C=O) groups excluding carboxylic acids is 1. The Morgan fingerprint density at radius 2 is 2.28 bits per heavy atom. The van der Waals surface area contributed by atoms with E-state index >= 15 is 0 Å². The number of carbonyl (C=O) groups is 1. The number of hydrogen-bond donors (Lipinski definition) is 2. The molecule has 0 radical (unpaired) electrons. The Morgan fingerprint density at radius 3 is 2.89 bits per heavy atom. The number of aliphatic hydroxyl groups is 1. The Labute approximate surface area is 104 Å². The highest BCUT2D eigenvalue weighted by atomic mass is 16.6. The molecule has 7 nitrogen and oxygen atoms in total. The number of benzene rings is 1. The van der Waals surface area contributed by atoms with Crippen LogP contribution in [0.15, 0.2) is 18.2 Å². The second-order valence-electron chi connectivity index (χ2n) is 3.57. The molecule has 0 aliphatic rings. The molecule has 0 aliphatic heterocycles. The molecule has 0 saturated carbocycles. The van der Waals surface area contributed by atoms with Crippen LogP contribution in [0.1, 0.15) is 5.56 Å². The molecule has 2 N–H and O–H groups in total. The molecule has 0 spiro atoms. The molecular formula is C11H14N2O5. The maximum absolute atomic E-state index is 11.2. The predicted molar refractivity (Wildman–Crippen MR) is 63.4 cm³/mol. The van der Waals surface area contributed by atoms with Gasteiger partial charge in [-0.05, 0) is 19.1 Å². The van der Waals surface area contributed by atoms with Gasteiger partial charge in [-0.15, -0.1) is 0 Å². The molecule has 1 amide bonds. The van der Waals surface area contributed by atoms with Gasteiger partial charge in [0, 0.05) is 12.1 Å². The van der Waals surface area contributed by atoms with E-state index in [2.05, 4.69) is 5.32 Å². The van der Waals surface area contributed by atoms with Crippen molar-refractivity contribution in [3.05, 3.63) is 33.9 Å². The van der Waals surface area contributed by atoms with E-state index in [1.807, 2.05) is 0 Å². The molecule has 0 bridgehead atoms. The van der Waals surface area contributed by atoms with Gasteiger partial charge in [-0.2, -0.15) is 0 Å². The number of rotatable bonds is 6. The standard InChI is InChI=1S/C11H14N2O5/c1-8-2-3-9(6-10(8)13(16)17)18-7-11(15)12-4-5-14/h2-3,6,14H,4-5,7H2,1H3,(H,12,15). The first-order chi connectivity index (χ1) is 8.54. The van der Waals surface area contributed by atoms with Crippen LogP contribution in [0, 0.1) is 17.0 Å². The summed E-state index contributed by atoms with van der Waals surface area (Å²) in [4.78, 5) is 21.4. The average Bonchev–Trinajstić information content (AvgIpc) is 2.35. The maximum Gasteiger partial charge on any atom is 0.276 e. The fourth-order valence-electron chi connectivity index (χ4n) is 1.27. The lowest BCUT2D eigenvalue weighted by atomic mass is 10.2. The lowest BCUT2D eigenvalue weighted by Crippen LogP contribution is -2.31. The first-order valence-corrected chi connectivity index (χ1v) is 5.30. The van der Waals surface area contributed by atoms with Crippen molar-refractivity contribution in [1.82, 2.24) is 5.32 Å². The van der Waals surface area contributed by atoms with Gasteiger partial charge in [-0.3, -0.25) is 14.9 Å². The number of ether oxygens (including phenoxy) is 1. The van der Waals surface area contributed by atoms with E-state index in [9.17, 15) is 14.9 Å². The fourth-order valence-corrected chi connectivity index (χ4v) is 1.27. The summed E-state index contributed by atoms with van der Waals surface area (Å²) in [5.41, 5.74) is 0.473. The third kappa shape index (κ3) is 4.02. The van der Waals surface area contributed by atoms with Crippen molar-refractivity contribution >= 4 is 11.6 Å². The molecule has 1 rings (SSSR count). The van der Waals surface area contributed by atoms with Gasteiger partial charge in [0.1, 0.15) is 5.75 Å². The molecular weight excluding hydrogens is 240 g/mol. The fraction of sp³-hybridized carbons (Fsp3) is 0.364. The zero-order valence-electron chi connectivity index (χ0n) is 9.88. The van der Waals surface area contributed by atoms with Gasteiger partial charge < -0.3 is 15.2 Å². The van der Waals surface area contributed by atoms with Gasteiger partial charge in [0.25, 0.3) is 11.6 Å². The SMILES string of the molecule is Cc1ccc(OCC(=O)NCCO)cc1[N+](=O)[O-]. The summed E-state index contributed by atoms with van der Waals surface area (Å²) in [7, 11) is 0. The summed E-state index contributed by atoms with van der Waals surface area (Å²) in [6, 6.07) is 4.38. The molecule has 7 heteroatoms. The minimum atomic E-state index is -0.506. The van der Waals surface area contributed by atoms with Gasteiger partial charge >= 0.3 is 0 Å². The third-order valence-electron chi connectivity index (χ3n) is 2.18. The second kappa shape index (κ2) is 6.55. The third-order valence-corrected chi connectivity index (χ3v) is 2.18. The number of nitro benzene ring substituents is 1. The summed E-state index contributed by atoms with van der Waals surface area (Å²) in [5, 5.41) is 21.6. The molecule has 0 unspecified atom stereocenters. The van der Waals surface area contributed by atoms with Crippen LogP contribution in [0.25, 0.3) is 0 Å². The molecule has 18 heavy (non-hydrogen) atoms. The predicted octanol–water partition coefficient (Wildman–Crippen LogP) is 0.391. The topological polar surface area (TPSA) is 102 Å². The highest BCUT2D eigenvalue weighted by Crippen LogP contribution is 2.23. The highest BCUT2D eigenvalue weighted by molar-refractivity contribution is 5.77. The molecule has 1 aromatic carbocycles. The molecule has 0 aromatic heterocycles. The monoisotopic (exact) mass is 254 g/mol. The van der Waals surface area contributed by atoms with E-state index in [0.717, 1.165) is 0 Å². The van der Waals surface area contributed by atoms with Crippen LogP contribution in [-0.2, 0) is 4.79 Å². The van der Waals surface area contributed by atoms with Crippen molar-refractivity contribution in [2.75, 3.05) is 19.8 Å². The number of nitro groups is 1. The summed E-state index contributed by atoms with van der Waals surface area (Å²) >= 11 is 0. The smallest absolute Gasteiger partial charge is 0.276 e. The molecule has 0 heterocycles. The van der Waals surface area contributed by atoms with E-state index in [-0.39, 0.29) is 31.2 Å². The Bertz CT molecular complexity index is 447. The van der Waals surface area contributed by atoms with Crippen molar-refractivity contribution in [1.29, 1.82) is 0 Å². The normalized spacial score (nSPS) is 9.89. The van der Waals surface area contributed by atoms with Gasteiger partial charge in [-0.25, -0.2) is 0 Å². The first kappa shape index (κ1) is 13.9. The Hall–Kier alpha value is -2.15. The Kier molecular flexibility index (Phi) is 5.06. The van der Waals surface area contributed by atoms with Crippen molar-refractivity contribution in [2.24, 2.45) is 0 Å². The van der Waals surface area contributed by atoms with Crippen molar-refractivity contribution in [3.63, 3.8) is 0 Å². The van der Waals surface area contributed by atoms with Gasteiger partial charge in [-0.1, -0.05) is 0 Å². The second-order valence-corrected chi connectivity index (χ2v) is 3.57. The quantitative estimate of drug-likeness (QED) is 0.564. The summed E-state index contributed by atoms with van der Waals surface area (Å²) in [6.07, 6.45) is 0. The van der Waals surface area contributed by atoms with E-state index in [1.165, 1.54) is 6.07 Å². The lowest BCUT2D eigenvalue weighted by Gasteiger charge is -2.07. The minimum Gasteiger partial charge on any atom is -0.484 e. The largest absolute Gasteiger partial charge is 0.484 e. The van der Waals surface area contributed by atoms with E-state index in [1.54, 1.807) is 19.1 Å². The van der Waals surface area contributed by atoms with Crippen LogP contribution >= 0.6 is 0 Å². The molecule has 0 atom stereocenters. The number of nitrogens with one attached hydrogen (secondary N) is 1. The molecule has 1 aromatic rings. The van der Waals surface area contributed by atoms with Crippen LogP contribution in [0.5, 0.6) is 5.75 Å². The highest BCUT2D eigenvalue weighted by Gasteiger charge is 2.12. The Morgan fingerprint density at radius 1 is 1.56 bits per heavy atom. The zero-order valence-corrected chi connectivity index (χ0v) is 9.88. The summed E-state index contributed by atoms with van der Waals surface area (Å²) in [5.74, 6) is -0.140. The van der Waals surface area contributed by atoms with Crippen molar-refractivity contribution in [3.8, 4) is 5.75 Å². The van der Waals surface area contributed by atoms with Crippen LogP contribution in [-0.4, -0.2) is 35.7 Å². The molecule has 0 saturated heterocycles. The number of aryl methyl sites for hydroxylation is 1. The minimum absolute atomic E-state index is 0.0525. The van der Waals surface area contributed by atoms with Gasteiger partial charge in [0.15, 0.2) is 6.61 Å². The molecule has 98 valence electrons. The lowest BCUT2D eigenvalue weighted by molar-refractivity contribution is -0.385. The number of hydrogen-bond acceptors (Lipinski definition) is 5. The van der Waals surface area contributed by atoms with Crippen LogP contribution in [0.4, 0.5) is 5.69 Å².